The summed E-state index contributed by atoms with van der Waals surface area (Å²) < 4.78 is 0. The lowest BCUT2D eigenvalue weighted by Crippen LogP contribution is -2.65. The van der Waals surface area contributed by atoms with Gasteiger partial charge in [0.25, 0.3) is 0 Å². The van der Waals surface area contributed by atoms with Crippen molar-refractivity contribution in [2.24, 2.45) is 5.92 Å². The van der Waals surface area contributed by atoms with Gasteiger partial charge in [-0.2, -0.15) is 0 Å². The van der Waals surface area contributed by atoms with E-state index in [1.165, 1.54) is 63.6 Å². The Bertz CT molecular complexity index is 333. The van der Waals surface area contributed by atoms with Crippen molar-refractivity contribution in [3.05, 3.63) is 11.6 Å². The maximum absolute atomic E-state index is 3.94. The number of hydrogen-bond donors (Lipinski definition) is 1. The summed E-state index contributed by atoms with van der Waals surface area (Å²) in [6.07, 6.45) is 12.2. The Labute approximate surface area is 132 Å². The average Bonchev–Trinajstić information content (AvgIpc) is 2.53. The van der Waals surface area contributed by atoms with Crippen molar-refractivity contribution in [3.8, 4) is 0 Å². The lowest BCUT2D eigenvalue weighted by molar-refractivity contribution is 0.0238. The normalized spacial score (nSPS) is 27.5. The van der Waals surface area contributed by atoms with Crippen LogP contribution in [-0.2, 0) is 0 Å². The Morgan fingerprint density at radius 3 is 2.38 bits per heavy atom. The van der Waals surface area contributed by atoms with Crippen LogP contribution in [0.4, 0.5) is 0 Å². The molecule has 0 amide bonds. The molecule has 1 saturated carbocycles. The Hall–Kier alpha value is -0.340. The fraction of sp³-hybridized carbons (Fsp3) is 0.895. The van der Waals surface area contributed by atoms with E-state index < -0.39 is 0 Å². The van der Waals surface area contributed by atoms with Crippen LogP contribution < -0.4 is 5.32 Å². The fourth-order valence-electron chi connectivity index (χ4n) is 4.29. The van der Waals surface area contributed by atoms with Crippen LogP contribution in [0.25, 0.3) is 0 Å². The molecule has 0 aromatic rings. The SMILES string of the molecule is CCC1(CC)CNC(C2CCCCC2)CN1CC=C(C)C. The minimum atomic E-state index is 0.372. The van der Waals surface area contributed by atoms with E-state index in [2.05, 4.69) is 44.0 Å². The maximum Gasteiger partial charge on any atom is 0.0332 e. The summed E-state index contributed by atoms with van der Waals surface area (Å²) in [6.45, 7) is 12.7. The molecular weight excluding hydrogens is 256 g/mol. The molecule has 1 atom stereocenters. The van der Waals surface area contributed by atoms with Gasteiger partial charge >= 0.3 is 0 Å². The van der Waals surface area contributed by atoms with Gasteiger partial charge in [-0.3, -0.25) is 4.90 Å². The van der Waals surface area contributed by atoms with Crippen LogP contribution in [0, 0.1) is 5.92 Å². The second kappa shape index (κ2) is 7.78. The average molecular weight is 293 g/mol. The first kappa shape index (κ1) is 17.0. The molecular formula is C19H36N2. The zero-order valence-corrected chi connectivity index (χ0v) is 14.8. The van der Waals surface area contributed by atoms with Gasteiger partial charge in [0.2, 0.25) is 0 Å². The minimum absolute atomic E-state index is 0.372. The molecule has 1 aliphatic carbocycles. The molecule has 0 aromatic carbocycles. The Kier molecular flexibility index (Phi) is 6.31. The fourth-order valence-corrected chi connectivity index (χ4v) is 4.29. The highest BCUT2D eigenvalue weighted by Gasteiger charge is 2.40. The molecule has 0 radical (unpaired) electrons. The Morgan fingerprint density at radius 1 is 1.14 bits per heavy atom. The third kappa shape index (κ3) is 4.10. The smallest absolute Gasteiger partial charge is 0.0332 e. The quantitative estimate of drug-likeness (QED) is 0.757. The summed E-state index contributed by atoms with van der Waals surface area (Å²) in [5.74, 6) is 0.916. The number of nitrogens with zero attached hydrogens (tertiary/aromatic N) is 1. The molecule has 2 nitrogen and oxygen atoms in total. The molecule has 0 bridgehead atoms. The summed E-state index contributed by atoms with van der Waals surface area (Å²) in [7, 11) is 0. The van der Waals surface area contributed by atoms with E-state index in [1.807, 2.05) is 0 Å². The second-order valence-electron chi connectivity index (χ2n) is 7.50. The topological polar surface area (TPSA) is 15.3 Å². The van der Waals surface area contributed by atoms with Gasteiger partial charge in [-0.1, -0.05) is 44.8 Å². The van der Waals surface area contributed by atoms with Crippen LogP contribution in [0.1, 0.15) is 72.6 Å². The zero-order chi connectivity index (χ0) is 15.3. The molecule has 1 N–H and O–H groups in total. The molecule has 0 spiro atoms. The number of piperazine rings is 1. The molecule has 2 rings (SSSR count). The molecule has 1 saturated heterocycles. The third-order valence-electron chi connectivity index (χ3n) is 6.04. The molecule has 2 heteroatoms. The van der Waals surface area contributed by atoms with Crippen LogP contribution in [0.3, 0.4) is 0 Å². The lowest BCUT2D eigenvalue weighted by atomic mass is 9.79. The van der Waals surface area contributed by atoms with Crippen molar-refractivity contribution in [3.63, 3.8) is 0 Å². The highest BCUT2D eigenvalue weighted by atomic mass is 15.3. The first-order chi connectivity index (χ1) is 10.1. The van der Waals surface area contributed by atoms with E-state index in [-0.39, 0.29) is 0 Å². The van der Waals surface area contributed by atoms with Gasteiger partial charge in [0.05, 0.1) is 0 Å². The largest absolute Gasteiger partial charge is 0.311 e. The highest BCUT2D eigenvalue weighted by molar-refractivity contribution is 5.04. The van der Waals surface area contributed by atoms with Crippen LogP contribution in [0.2, 0.25) is 0 Å². The summed E-state index contributed by atoms with van der Waals surface area (Å²) in [5.41, 5.74) is 1.82. The van der Waals surface area contributed by atoms with Crippen LogP contribution in [0.15, 0.2) is 11.6 Å². The van der Waals surface area contributed by atoms with Crippen LogP contribution >= 0.6 is 0 Å². The lowest BCUT2D eigenvalue weighted by Gasteiger charge is -2.51. The van der Waals surface area contributed by atoms with Crippen molar-refractivity contribution in [2.75, 3.05) is 19.6 Å². The second-order valence-corrected chi connectivity index (χ2v) is 7.50. The van der Waals surface area contributed by atoms with Crippen molar-refractivity contribution >= 4 is 0 Å². The minimum Gasteiger partial charge on any atom is -0.311 e. The van der Waals surface area contributed by atoms with E-state index >= 15 is 0 Å². The van der Waals surface area contributed by atoms with Gasteiger partial charge in [-0.15, -0.1) is 0 Å². The van der Waals surface area contributed by atoms with Gasteiger partial charge in [-0.05, 0) is 45.4 Å². The molecule has 1 unspecified atom stereocenters. The third-order valence-corrected chi connectivity index (χ3v) is 6.04. The monoisotopic (exact) mass is 292 g/mol. The molecule has 2 fully saturated rings. The van der Waals surface area contributed by atoms with Gasteiger partial charge in [0.15, 0.2) is 0 Å². The number of hydrogen-bond acceptors (Lipinski definition) is 2. The van der Waals surface area contributed by atoms with Gasteiger partial charge in [0, 0.05) is 31.2 Å². The number of rotatable bonds is 5. The molecule has 2 aliphatic rings. The molecule has 21 heavy (non-hydrogen) atoms. The molecule has 1 aliphatic heterocycles. The molecule has 122 valence electrons. The maximum atomic E-state index is 3.94. The van der Waals surface area contributed by atoms with Crippen molar-refractivity contribution in [2.45, 2.75) is 84.2 Å². The highest BCUT2D eigenvalue weighted by Crippen LogP contribution is 2.33. The summed E-state index contributed by atoms with van der Waals surface area (Å²) in [4.78, 5) is 2.79. The summed E-state index contributed by atoms with van der Waals surface area (Å²) in [5, 5.41) is 3.94. The van der Waals surface area contributed by atoms with Crippen molar-refractivity contribution in [1.29, 1.82) is 0 Å². The van der Waals surface area contributed by atoms with E-state index in [0.29, 0.717) is 5.54 Å². The summed E-state index contributed by atoms with van der Waals surface area (Å²) >= 11 is 0. The summed E-state index contributed by atoms with van der Waals surface area (Å²) in [6, 6.07) is 0.724. The Morgan fingerprint density at radius 2 is 1.81 bits per heavy atom. The van der Waals surface area contributed by atoms with Crippen molar-refractivity contribution < 1.29 is 0 Å². The van der Waals surface area contributed by atoms with E-state index in [9.17, 15) is 0 Å². The van der Waals surface area contributed by atoms with Crippen LogP contribution in [-0.4, -0.2) is 36.1 Å². The van der Waals surface area contributed by atoms with E-state index in [0.717, 1.165) is 18.5 Å². The predicted octanol–water partition coefficient (Wildman–Crippen LogP) is 4.37. The standard InChI is InChI=1S/C19H36N2/c1-5-19(6-2)15-20-18(17-10-8-7-9-11-17)14-21(19)13-12-16(3)4/h12,17-18,20H,5-11,13-15H2,1-4H3. The van der Waals surface area contributed by atoms with Gasteiger partial charge in [0.1, 0.15) is 0 Å². The first-order valence-electron chi connectivity index (χ1n) is 9.23. The van der Waals surface area contributed by atoms with Gasteiger partial charge < -0.3 is 5.32 Å². The predicted molar refractivity (Wildman–Crippen MR) is 92.7 cm³/mol. The number of nitrogens with one attached hydrogen (secondary N) is 1. The van der Waals surface area contributed by atoms with Gasteiger partial charge in [-0.25, -0.2) is 0 Å². The van der Waals surface area contributed by atoms with E-state index in [4.69, 9.17) is 0 Å². The first-order valence-corrected chi connectivity index (χ1v) is 9.23. The van der Waals surface area contributed by atoms with Crippen LogP contribution in [0.5, 0.6) is 0 Å². The number of allylic oxidation sites excluding steroid dienone is 1. The Balaban J connectivity index is 2.06. The van der Waals surface area contributed by atoms with E-state index in [1.54, 1.807) is 0 Å². The zero-order valence-electron chi connectivity index (χ0n) is 14.8. The molecule has 0 aromatic heterocycles. The molecule has 1 heterocycles. The van der Waals surface area contributed by atoms with Crippen molar-refractivity contribution in [1.82, 2.24) is 10.2 Å².